The lowest BCUT2D eigenvalue weighted by Gasteiger charge is -2.14. The van der Waals surface area contributed by atoms with Crippen LogP contribution in [-0.2, 0) is 12.8 Å². The highest BCUT2D eigenvalue weighted by Crippen LogP contribution is 2.28. The average Bonchev–Trinajstić information content (AvgIpc) is 3.04. The molecule has 0 bridgehead atoms. The smallest absolute Gasteiger partial charge is 0.255 e. The van der Waals surface area contributed by atoms with Gasteiger partial charge in [-0.15, -0.1) is 0 Å². The molecule has 0 aliphatic heterocycles. The van der Waals surface area contributed by atoms with Gasteiger partial charge in [-0.2, -0.15) is 0 Å². The summed E-state index contributed by atoms with van der Waals surface area (Å²) in [5.74, 6) is 0.654. The van der Waals surface area contributed by atoms with Gasteiger partial charge in [-0.05, 0) is 85.0 Å². The Labute approximate surface area is 162 Å². The van der Waals surface area contributed by atoms with Crippen LogP contribution in [0.2, 0.25) is 0 Å². The molecular weight excluding hydrogens is 425 g/mol. The summed E-state index contributed by atoms with van der Waals surface area (Å²) in [4.78, 5) is 12.6. The van der Waals surface area contributed by atoms with Crippen LogP contribution < -0.4 is 10.1 Å². The molecule has 1 amide bonds. The summed E-state index contributed by atoms with van der Waals surface area (Å²) in [7, 11) is 0. The van der Waals surface area contributed by atoms with Crippen LogP contribution in [0.5, 0.6) is 5.75 Å². The minimum atomic E-state index is -0.144. The van der Waals surface area contributed by atoms with Gasteiger partial charge in [0.25, 0.3) is 5.91 Å². The van der Waals surface area contributed by atoms with Gasteiger partial charge >= 0.3 is 0 Å². The molecule has 0 aromatic heterocycles. The lowest BCUT2D eigenvalue weighted by molar-refractivity contribution is 0.0973. The number of hydrogen-bond donors (Lipinski definition) is 1. The molecule has 0 saturated carbocycles. The Bertz CT molecular complexity index is 827. The molecule has 0 heterocycles. The predicted molar refractivity (Wildman–Crippen MR) is 110 cm³/mol. The molecule has 2 aromatic rings. The van der Waals surface area contributed by atoms with Crippen LogP contribution in [0.15, 0.2) is 43.0 Å². The third-order valence-corrected chi connectivity index (χ3v) is 5.14. The summed E-state index contributed by atoms with van der Waals surface area (Å²) in [5, 5.41) is 2.95. The number of carbonyl (C=O) groups excluding carboxylic acids is 1. The first-order chi connectivity index (χ1) is 12.0. The minimum Gasteiger partial charge on any atom is -0.490 e. The molecule has 0 radical (unpaired) electrons. The second-order valence-electron chi connectivity index (χ2n) is 6.54. The molecule has 3 rings (SSSR count). The van der Waals surface area contributed by atoms with Crippen LogP contribution in [0.25, 0.3) is 5.70 Å². The largest absolute Gasteiger partial charge is 0.490 e. The second-order valence-corrected chi connectivity index (χ2v) is 7.70. The maximum absolute atomic E-state index is 12.6. The number of benzene rings is 2. The quantitative estimate of drug-likeness (QED) is 0.658. The van der Waals surface area contributed by atoms with Crippen molar-refractivity contribution >= 4 is 34.2 Å². The van der Waals surface area contributed by atoms with E-state index >= 15 is 0 Å². The van der Waals surface area contributed by atoms with Gasteiger partial charge in [0.1, 0.15) is 5.75 Å². The number of halogens is 1. The van der Waals surface area contributed by atoms with E-state index < -0.39 is 0 Å². The van der Waals surface area contributed by atoms with Gasteiger partial charge in [0.05, 0.1) is 9.67 Å². The van der Waals surface area contributed by atoms with E-state index in [4.69, 9.17) is 4.74 Å². The van der Waals surface area contributed by atoms with Crippen LogP contribution in [0, 0.1) is 3.57 Å². The lowest BCUT2D eigenvalue weighted by atomic mass is 10.0. The summed E-state index contributed by atoms with van der Waals surface area (Å²) in [5.41, 5.74) is 5.02. The van der Waals surface area contributed by atoms with Gasteiger partial charge in [0, 0.05) is 16.8 Å². The fourth-order valence-electron chi connectivity index (χ4n) is 3.17. The molecule has 2 aromatic carbocycles. The van der Waals surface area contributed by atoms with E-state index in [1.165, 1.54) is 17.5 Å². The first-order valence-corrected chi connectivity index (χ1v) is 9.61. The number of nitrogens with one attached hydrogen (secondary N) is 1. The number of hydrogen-bond acceptors (Lipinski definition) is 2. The summed E-state index contributed by atoms with van der Waals surface area (Å²) in [6.45, 7) is 8.06. The Hall–Kier alpha value is -1.82. The number of aryl methyl sites for hydroxylation is 1. The van der Waals surface area contributed by atoms with E-state index in [9.17, 15) is 4.79 Å². The molecule has 1 aliphatic carbocycles. The molecule has 0 unspecified atom stereocenters. The van der Waals surface area contributed by atoms with E-state index in [2.05, 4.69) is 40.6 Å². The number of rotatable bonds is 5. The zero-order chi connectivity index (χ0) is 18.0. The van der Waals surface area contributed by atoms with Crippen molar-refractivity contribution < 1.29 is 9.53 Å². The standard InChI is InChI=1S/C21H22INO2/c1-13(2)25-20-11-10-16(12-19(20)22)21(24)23-14(3)17-8-4-6-15-7-5-9-18(15)17/h4,6,8,10-13H,3,5,7,9H2,1-2H3,(H,23,24). The lowest BCUT2D eigenvalue weighted by Crippen LogP contribution is -2.22. The Balaban J connectivity index is 1.75. The van der Waals surface area contributed by atoms with E-state index in [-0.39, 0.29) is 12.0 Å². The number of amides is 1. The zero-order valence-electron chi connectivity index (χ0n) is 14.6. The van der Waals surface area contributed by atoms with Gasteiger partial charge < -0.3 is 10.1 Å². The fourth-order valence-corrected chi connectivity index (χ4v) is 3.81. The first-order valence-electron chi connectivity index (χ1n) is 8.53. The molecule has 3 nitrogen and oxygen atoms in total. The Kier molecular flexibility index (Phi) is 5.47. The van der Waals surface area contributed by atoms with E-state index in [1.54, 1.807) is 6.07 Å². The molecular formula is C21H22INO2. The normalized spacial score (nSPS) is 12.8. The fraction of sp³-hybridized carbons (Fsp3) is 0.286. The summed E-state index contributed by atoms with van der Waals surface area (Å²) in [6.07, 6.45) is 3.44. The molecule has 25 heavy (non-hydrogen) atoms. The predicted octanol–water partition coefficient (Wildman–Crippen LogP) is 4.97. The van der Waals surface area contributed by atoms with E-state index in [1.807, 2.05) is 38.1 Å². The van der Waals surface area contributed by atoms with Crippen molar-refractivity contribution in [1.82, 2.24) is 5.32 Å². The summed E-state index contributed by atoms with van der Waals surface area (Å²) in [6, 6.07) is 11.7. The number of fused-ring (bicyclic) bond motifs is 1. The van der Waals surface area contributed by atoms with Crippen molar-refractivity contribution in [3.63, 3.8) is 0 Å². The molecule has 1 aliphatic rings. The molecule has 0 spiro atoms. The van der Waals surface area contributed by atoms with E-state index in [0.717, 1.165) is 27.7 Å². The average molecular weight is 447 g/mol. The Morgan fingerprint density at radius 1 is 1.24 bits per heavy atom. The second kappa shape index (κ2) is 7.60. The molecule has 4 heteroatoms. The molecule has 1 N–H and O–H groups in total. The highest BCUT2D eigenvalue weighted by Gasteiger charge is 2.17. The van der Waals surface area contributed by atoms with E-state index in [0.29, 0.717) is 11.3 Å². The van der Waals surface area contributed by atoms with Gasteiger partial charge in [-0.1, -0.05) is 24.8 Å². The molecule has 0 saturated heterocycles. The van der Waals surface area contributed by atoms with Gasteiger partial charge in [-0.25, -0.2) is 0 Å². The molecule has 0 atom stereocenters. The van der Waals surface area contributed by atoms with Crippen molar-refractivity contribution in [2.24, 2.45) is 0 Å². The van der Waals surface area contributed by atoms with Crippen molar-refractivity contribution in [2.75, 3.05) is 0 Å². The van der Waals surface area contributed by atoms with Gasteiger partial charge in [-0.3, -0.25) is 4.79 Å². The van der Waals surface area contributed by atoms with Crippen molar-refractivity contribution in [1.29, 1.82) is 0 Å². The van der Waals surface area contributed by atoms with Gasteiger partial charge in [0.2, 0.25) is 0 Å². The molecule has 130 valence electrons. The number of ether oxygens (including phenoxy) is 1. The monoisotopic (exact) mass is 447 g/mol. The zero-order valence-corrected chi connectivity index (χ0v) is 16.7. The maximum Gasteiger partial charge on any atom is 0.255 e. The SMILES string of the molecule is C=C(NC(=O)c1ccc(OC(C)C)c(I)c1)c1cccc2c1CCC2. The van der Waals surface area contributed by atoms with Crippen LogP contribution in [-0.4, -0.2) is 12.0 Å². The summed E-state index contributed by atoms with van der Waals surface area (Å²) >= 11 is 2.19. The van der Waals surface area contributed by atoms with Gasteiger partial charge in [0.15, 0.2) is 0 Å². The topological polar surface area (TPSA) is 38.3 Å². The van der Waals surface area contributed by atoms with Crippen LogP contribution >= 0.6 is 22.6 Å². The Morgan fingerprint density at radius 2 is 2.04 bits per heavy atom. The summed E-state index contributed by atoms with van der Waals surface area (Å²) < 4.78 is 6.65. The third kappa shape index (κ3) is 4.06. The number of carbonyl (C=O) groups is 1. The maximum atomic E-state index is 12.6. The molecule has 0 fully saturated rings. The minimum absolute atomic E-state index is 0.105. The third-order valence-electron chi connectivity index (χ3n) is 4.29. The van der Waals surface area contributed by atoms with Crippen LogP contribution in [0.4, 0.5) is 0 Å². The van der Waals surface area contributed by atoms with Crippen LogP contribution in [0.1, 0.15) is 47.3 Å². The highest BCUT2D eigenvalue weighted by molar-refractivity contribution is 14.1. The first kappa shape index (κ1) is 18.0. The highest BCUT2D eigenvalue weighted by atomic mass is 127. The van der Waals surface area contributed by atoms with Crippen molar-refractivity contribution in [2.45, 2.75) is 39.2 Å². The van der Waals surface area contributed by atoms with Crippen LogP contribution in [0.3, 0.4) is 0 Å². The van der Waals surface area contributed by atoms with Crippen molar-refractivity contribution in [3.05, 3.63) is 68.8 Å². The van der Waals surface area contributed by atoms with Crippen molar-refractivity contribution in [3.8, 4) is 5.75 Å². The Morgan fingerprint density at radius 3 is 2.76 bits per heavy atom.